The van der Waals surface area contributed by atoms with Crippen LogP contribution in [0.3, 0.4) is 0 Å². The van der Waals surface area contributed by atoms with E-state index in [1.54, 1.807) is 20.8 Å². The van der Waals surface area contributed by atoms with E-state index in [1.165, 1.54) is 5.56 Å². The first-order valence-corrected chi connectivity index (χ1v) is 16.8. The van der Waals surface area contributed by atoms with Crippen LogP contribution in [0, 0.1) is 5.92 Å². The molecule has 0 fully saturated rings. The van der Waals surface area contributed by atoms with Crippen molar-refractivity contribution in [2.45, 2.75) is 89.2 Å². The molecule has 1 aliphatic carbocycles. The number of ether oxygens (including phenoxy) is 1. The molecule has 3 aromatic carbocycles. The standard InChI is InChI=1S/C39H53N3O5.HI/c1-39(2,3)47-38(46)40-33(24-28-13-8-7-9-14-28)34(43)26-31(23-29-20-18-27(19-21-29)15-12-22-42(4,5)6)37(45)41-36-32-17-11-10-16-30(32)25-35(36)44;/h7-11,13-14,16-21,31,33-36,43-44H,12,15,22-26H2,1-6H3,(H-,40,41,45,46);1H/t31-,33+,34+,35-,36+;/m1./s1. The van der Waals surface area contributed by atoms with Gasteiger partial charge in [-0.2, -0.15) is 0 Å². The van der Waals surface area contributed by atoms with Gasteiger partial charge >= 0.3 is 6.09 Å². The number of benzene rings is 3. The molecule has 3 aromatic rings. The maximum atomic E-state index is 14.0. The number of carbonyl (C=O) groups is 2. The minimum Gasteiger partial charge on any atom is -1.00 e. The van der Waals surface area contributed by atoms with Crippen molar-refractivity contribution >= 4 is 12.0 Å². The number of quaternary nitrogens is 1. The molecular weight excluding hydrogens is 717 g/mol. The molecule has 8 nitrogen and oxygen atoms in total. The maximum absolute atomic E-state index is 14.0. The summed E-state index contributed by atoms with van der Waals surface area (Å²) >= 11 is 0. The minimum absolute atomic E-state index is 0. The maximum Gasteiger partial charge on any atom is 0.407 e. The lowest BCUT2D eigenvalue weighted by molar-refractivity contribution is -0.870. The fourth-order valence-corrected chi connectivity index (χ4v) is 6.25. The third kappa shape index (κ3) is 12.5. The van der Waals surface area contributed by atoms with Crippen molar-refractivity contribution < 1.29 is 53.0 Å². The molecule has 0 aromatic heterocycles. The van der Waals surface area contributed by atoms with Crippen molar-refractivity contribution in [3.8, 4) is 0 Å². The highest BCUT2D eigenvalue weighted by atomic mass is 127. The normalized spacial score (nSPS) is 17.8. The van der Waals surface area contributed by atoms with Crippen molar-refractivity contribution in [3.05, 3.63) is 107 Å². The Bertz CT molecular complexity index is 1450. The summed E-state index contributed by atoms with van der Waals surface area (Å²) < 4.78 is 6.45. The molecule has 0 spiro atoms. The molecule has 0 radical (unpaired) electrons. The van der Waals surface area contributed by atoms with Crippen LogP contribution in [-0.2, 0) is 35.2 Å². The van der Waals surface area contributed by atoms with Crippen LogP contribution in [0.2, 0.25) is 0 Å². The average molecular weight is 772 g/mol. The van der Waals surface area contributed by atoms with Crippen molar-refractivity contribution in [1.82, 2.24) is 10.6 Å². The van der Waals surface area contributed by atoms with Crippen molar-refractivity contribution in [1.29, 1.82) is 0 Å². The van der Waals surface area contributed by atoms with Crippen LogP contribution in [0.5, 0.6) is 0 Å². The van der Waals surface area contributed by atoms with Gasteiger partial charge in [-0.25, -0.2) is 4.79 Å². The van der Waals surface area contributed by atoms with Crippen LogP contribution >= 0.6 is 0 Å². The van der Waals surface area contributed by atoms with Crippen molar-refractivity contribution in [2.75, 3.05) is 27.7 Å². The highest BCUT2D eigenvalue weighted by Crippen LogP contribution is 2.32. The summed E-state index contributed by atoms with van der Waals surface area (Å²) in [6.45, 7) is 6.46. The fraction of sp³-hybridized carbons (Fsp3) is 0.487. The van der Waals surface area contributed by atoms with Crippen LogP contribution < -0.4 is 34.6 Å². The summed E-state index contributed by atoms with van der Waals surface area (Å²) in [5, 5.41) is 28.6. The van der Waals surface area contributed by atoms with Crippen LogP contribution in [0.1, 0.15) is 67.5 Å². The first-order chi connectivity index (χ1) is 22.2. The first-order valence-electron chi connectivity index (χ1n) is 16.8. The van der Waals surface area contributed by atoms with E-state index < -0.39 is 41.9 Å². The zero-order valence-corrected chi connectivity index (χ0v) is 31.4. The van der Waals surface area contributed by atoms with Gasteiger partial charge in [0.05, 0.1) is 52.0 Å². The summed E-state index contributed by atoms with van der Waals surface area (Å²) in [5.41, 5.74) is 4.41. The van der Waals surface area contributed by atoms with E-state index in [-0.39, 0.29) is 36.3 Å². The Morgan fingerprint density at radius 1 is 0.896 bits per heavy atom. The predicted octanol–water partition coefficient (Wildman–Crippen LogP) is 2.15. The van der Waals surface area contributed by atoms with Crippen molar-refractivity contribution in [3.63, 3.8) is 0 Å². The minimum atomic E-state index is -1.05. The lowest BCUT2D eigenvalue weighted by Gasteiger charge is -2.30. The summed E-state index contributed by atoms with van der Waals surface area (Å²) in [6.07, 6.45) is 1.01. The number of hydrogen-bond donors (Lipinski definition) is 4. The number of aliphatic hydroxyl groups excluding tert-OH is 2. The third-order valence-electron chi connectivity index (χ3n) is 8.66. The largest absolute Gasteiger partial charge is 1.00 e. The Morgan fingerprint density at radius 2 is 1.50 bits per heavy atom. The Morgan fingerprint density at radius 3 is 2.15 bits per heavy atom. The van der Waals surface area contributed by atoms with E-state index >= 15 is 0 Å². The zero-order chi connectivity index (χ0) is 34.2. The molecule has 0 aliphatic heterocycles. The molecule has 0 saturated carbocycles. The Labute approximate surface area is 303 Å². The number of aliphatic hydroxyl groups is 2. The molecule has 4 N–H and O–H groups in total. The van der Waals surface area contributed by atoms with Gasteiger partial charge in [0.2, 0.25) is 5.91 Å². The number of aryl methyl sites for hydroxylation is 1. The smallest absolute Gasteiger partial charge is 0.407 e. The van der Waals surface area contributed by atoms with E-state index in [9.17, 15) is 19.8 Å². The van der Waals surface area contributed by atoms with E-state index in [1.807, 2.05) is 54.6 Å². The number of rotatable bonds is 14. The topological polar surface area (TPSA) is 108 Å². The monoisotopic (exact) mass is 771 g/mol. The van der Waals surface area contributed by atoms with Gasteiger partial charge in [-0.1, -0.05) is 78.9 Å². The molecule has 0 unspecified atom stereocenters. The molecule has 262 valence electrons. The summed E-state index contributed by atoms with van der Waals surface area (Å²) in [7, 11) is 6.58. The SMILES string of the molecule is CC(C)(C)OC(=O)N[C@@H](Cc1ccccc1)[C@@H](O)C[C@@H](Cc1ccc(CCC[N+](C)(C)C)cc1)C(=O)N[C@H]1c2ccccc2C[C@H]1O.[I-]. The summed E-state index contributed by atoms with van der Waals surface area (Å²) in [4.78, 5) is 26.9. The molecule has 9 heteroatoms. The quantitative estimate of drug-likeness (QED) is 0.149. The third-order valence-corrected chi connectivity index (χ3v) is 8.66. The van der Waals surface area contributed by atoms with E-state index in [2.05, 4.69) is 56.0 Å². The Kier molecular flexibility index (Phi) is 14.5. The molecule has 5 atom stereocenters. The molecule has 0 saturated heterocycles. The summed E-state index contributed by atoms with van der Waals surface area (Å²) in [5.74, 6) is -0.861. The second kappa shape index (κ2) is 17.6. The van der Waals surface area contributed by atoms with Gasteiger partial charge in [-0.05, 0) is 74.3 Å². The molecule has 2 amide bonds. The van der Waals surface area contributed by atoms with Gasteiger partial charge in [0.15, 0.2) is 0 Å². The van der Waals surface area contributed by atoms with E-state index in [0.29, 0.717) is 19.3 Å². The first kappa shape index (κ1) is 39.4. The molecule has 1 aliphatic rings. The van der Waals surface area contributed by atoms with Gasteiger partial charge in [-0.15, -0.1) is 0 Å². The van der Waals surface area contributed by atoms with Gasteiger partial charge in [0.25, 0.3) is 0 Å². The van der Waals surface area contributed by atoms with Gasteiger partial charge in [0.1, 0.15) is 5.60 Å². The number of nitrogens with zero attached hydrogens (tertiary/aromatic N) is 1. The number of hydrogen-bond acceptors (Lipinski definition) is 5. The van der Waals surface area contributed by atoms with Gasteiger partial charge in [0, 0.05) is 18.8 Å². The second-order valence-corrected chi connectivity index (χ2v) is 15.0. The highest BCUT2D eigenvalue weighted by molar-refractivity contribution is 5.80. The molecule has 0 heterocycles. The Balaban J connectivity index is 0.00000625. The lowest BCUT2D eigenvalue weighted by Crippen LogP contribution is -3.00. The molecular formula is C39H54IN3O5. The number of amides is 2. The molecule has 4 rings (SSSR count). The predicted molar refractivity (Wildman–Crippen MR) is 186 cm³/mol. The van der Waals surface area contributed by atoms with E-state index in [4.69, 9.17) is 4.74 Å². The number of fused-ring (bicyclic) bond motifs is 1. The highest BCUT2D eigenvalue weighted by Gasteiger charge is 2.35. The zero-order valence-electron chi connectivity index (χ0n) is 29.3. The average Bonchev–Trinajstić information content (AvgIpc) is 3.30. The fourth-order valence-electron chi connectivity index (χ4n) is 6.25. The van der Waals surface area contributed by atoms with Gasteiger partial charge in [-0.3, -0.25) is 4.79 Å². The number of halogens is 1. The molecule has 48 heavy (non-hydrogen) atoms. The lowest BCUT2D eigenvalue weighted by atomic mass is 9.88. The van der Waals surface area contributed by atoms with Crippen LogP contribution in [0.15, 0.2) is 78.9 Å². The second-order valence-electron chi connectivity index (χ2n) is 15.0. The molecule has 0 bridgehead atoms. The number of nitrogens with one attached hydrogen (secondary N) is 2. The van der Waals surface area contributed by atoms with E-state index in [0.717, 1.165) is 46.1 Å². The van der Waals surface area contributed by atoms with Crippen LogP contribution in [0.25, 0.3) is 0 Å². The Hall–Kier alpha value is -2.99. The number of alkyl carbamates (subject to hydrolysis) is 1. The number of carbonyl (C=O) groups excluding carboxylic acids is 2. The van der Waals surface area contributed by atoms with Gasteiger partial charge < -0.3 is 54.0 Å². The van der Waals surface area contributed by atoms with Crippen LogP contribution in [-0.4, -0.2) is 78.2 Å². The summed E-state index contributed by atoms with van der Waals surface area (Å²) in [6, 6.07) is 24.6. The van der Waals surface area contributed by atoms with Crippen molar-refractivity contribution in [2.24, 2.45) is 5.92 Å². The van der Waals surface area contributed by atoms with Crippen LogP contribution in [0.4, 0.5) is 4.79 Å².